The largest absolute Gasteiger partial charge is 0.434 e. The first-order valence-electron chi connectivity index (χ1n) is 12.8. The molecule has 1 amide bonds. The lowest BCUT2D eigenvalue weighted by Crippen LogP contribution is -2.45. The number of carbonyl (C=O) groups excluding carboxylic acids is 1. The fourth-order valence-electron chi connectivity index (χ4n) is 4.55. The first-order valence-corrected chi connectivity index (χ1v) is 13.2. The Morgan fingerprint density at radius 3 is 2.54 bits per heavy atom. The number of halogens is 6. The van der Waals surface area contributed by atoms with Gasteiger partial charge >= 0.3 is 12.8 Å². The van der Waals surface area contributed by atoms with Crippen LogP contribution in [0.1, 0.15) is 69.8 Å². The van der Waals surface area contributed by atoms with Crippen LogP contribution >= 0.6 is 11.6 Å². The van der Waals surface area contributed by atoms with Gasteiger partial charge < -0.3 is 20.5 Å². The van der Waals surface area contributed by atoms with Gasteiger partial charge in [0.05, 0.1) is 28.3 Å². The number of carbonyl (C=O) groups is 1. The van der Waals surface area contributed by atoms with Gasteiger partial charge in [0, 0.05) is 31.4 Å². The molecule has 0 aliphatic heterocycles. The van der Waals surface area contributed by atoms with E-state index in [0.29, 0.717) is 18.8 Å². The third kappa shape index (κ3) is 8.17. The van der Waals surface area contributed by atoms with Crippen molar-refractivity contribution in [1.82, 2.24) is 20.1 Å². The minimum atomic E-state index is -4.43. The lowest BCUT2D eigenvalue weighted by Gasteiger charge is -2.34. The molecule has 0 bridgehead atoms. The molecule has 0 saturated heterocycles. The van der Waals surface area contributed by atoms with E-state index in [1.807, 2.05) is 0 Å². The Balaban J connectivity index is 1.90. The molecule has 3 N–H and O–H groups in total. The zero-order valence-electron chi connectivity index (χ0n) is 21.9. The van der Waals surface area contributed by atoms with Gasteiger partial charge in [-0.1, -0.05) is 25.4 Å². The Bertz CT molecular complexity index is 1140. The highest BCUT2D eigenvalue weighted by atomic mass is 35.5. The van der Waals surface area contributed by atoms with E-state index >= 15 is 0 Å². The summed E-state index contributed by atoms with van der Waals surface area (Å²) in [5.41, 5.74) is -1.17. The molecule has 218 valence electrons. The summed E-state index contributed by atoms with van der Waals surface area (Å²) in [7, 11) is 0. The van der Waals surface area contributed by atoms with Crippen molar-refractivity contribution in [3.63, 3.8) is 0 Å². The maximum Gasteiger partial charge on any atom is 0.391 e. The molecule has 14 heteroatoms. The van der Waals surface area contributed by atoms with Crippen LogP contribution in [0.2, 0.25) is 5.02 Å². The summed E-state index contributed by atoms with van der Waals surface area (Å²) in [4.78, 5) is 17.0. The number of pyridine rings is 1. The molecule has 1 atom stereocenters. The highest BCUT2D eigenvalue weighted by Gasteiger charge is 2.34. The zero-order chi connectivity index (χ0) is 29.0. The summed E-state index contributed by atoms with van der Waals surface area (Å²) < 4.78 is 71.2. The van der Waals surface area contributed by atoms with E-state index in [-0.39, 0.29) is 47.3 Å². The SMILES string of the molecule is CC[C@H](CC(F)(F)F)Nc1cc(OC(F)F)c(-c2c(Cl)c(C(=O)NCC3(O)CCC(C)CC3)nn2CC)cn1. The van der Waals surface area contributed by atoms with E-state index in [4.69, 9.17) is 11.6 Å². The molecular weight excluding hydrogens is 549 g/mol. The van der Waals surface area contributed by atoms with Crippen LogP contribution in [0, 0.1) is 5.92 Å². The van der Waals surface area contributed by atoms with Gasteiger partial charge in [-0.15, -0.1) is 0 Å². The van der Waals surface area contributed by atoms with Gasteiger partial charge in [-0.3, -0.25) is 9.48 Å². The maximum absolute atomic E-state index is 13.3. The first kappa shape index (κ1) is 30.9. The van der Waals surface area contributed by atoms with Crippen molar-refractivity contribution in [2.75, 3.05) is 11.9 Å². The monoisotopic (exact) mass is 581 g/mol. The Morgan fingerprint density at radius 1 is 1.31 bits per heavy atom. The molecule has 2 aromatic rings. The van der Waals surface area contributed by atoms with Crippen molar-refractivity contribution in [2.24, 2.45) is 5.92 Å². The van der Waals surface area contributed by atoms with E-state index in [0.717, 1.165) is 25.1 Å². The molecule has 3 rings (SSSR count). The maximum atomic E-state index is 13.3. The minimum Gasteiger partial charge on any atom is -0.434 e. The molecule has 39 heavy (non-hydrogen) atoms. The average molecular weight is 582 g/mol. The Kier molecular flexibility index (Phi) is 10.0. The van der Waals surface area contributed by atoms with E-state index in [9.17, 15) is 31.9 Å². The lowest BCUT2D eigenvalue weighted by atomic mass is 9.79. The molecule has 0 radical (unpaired) electrons. The quantitative estimate of drug-likeness (QED) is 0.280. The van der Waals surface area contributed by atoms with E-state index in [1.165, 1.54) is 4.68 Å². The molecule has 8 nitrogen and oxygen atoms in total. The average Bonchev–Trinajstić information content (AvgIpc) is 3.19. The van der Waals surface area contributed by atoms with Crippen molar-refractivity contribution in [1.29, 1.82) is 0 Å². The highest BCUT2D eigenvalue weighted by molar-refractivity contribution is 6.36. The molecule has 0 spiro atoms. The van der Waals surface area contributed by atoms with Crippen molar-refractivity contribution < 1.29 is 36.6 Å². The van der Waals surface area contributed by atoms with E-state index in [1.54, 1.807) is 13.8 Å². The smallest absolute Gasteiger partial charge is 0.391 e. The molecule has 2 heterocycles. The minimum absolute atomic E-state index is 0.00138. The topological polar surface area (TPSA) is 101 Å². The molecule has 2 aromatic heterocycles. The van der Waals surface area contributed by atoms with Crippen molar-refractivity contribution in [2.45, 2.75) is 90.3 Å². The molecule has 0 aromatic carbocycles. The number of aliphatic hydroxyl groups is 1. The Hall–Kier alpha value is -2.67. The second-order valence-electron chi connectivity index (χ2n) is 9.93. The molecule has 1 aliphatic carbocycles. The molecule has 1 fully saturated rings. The van der Waals surface area contributed by atoms with Crippen LogP contribution in [-0.2, 0) is 6.54 Å². The van der Waals surface area contributed by atoms with Crippen molar-refractivity contribution in [3.05, 3.63) is 23.0 Å². The third-order valence-corrected chi connectivity index (χ3v) is 7.21. The van der Waals surface area contributed by atoms with E-state index in [2.05, 4.69) is 32.4 Å². The van der Waals surface area contributed by atoms with Gasteiger partial charge in [0.1, 0.15) is 11.6 Å². The molecular formula is C25H33ClF5N5O3. The molecule has 0 unspecified atom stereocenters. The zero-order valence-corrected chi connectivity index (χ0v) is 22.7. The number of ether oxygens (including phenoxy) is 1. The second kappa shape index (κ2) is 12.7. The summed E-state index contributed by atoms with van der Waals surface area (Å²) >= 11 is 6.52. The highest BCUT2D eigenvalue weighted by Crippen LogP contribution is 2.39. The summed E-state index contributed by atoms with van der Waals surface area (Å²) in [6, 6.07) is 0.0217. The summed E-state index contributed by atoms with van der Waals surface area (Å²) in [5, 5.41) is 20.1. The van der Waals surface area contributed by atoms with Gasteiger partial charge in [-0.05, 0) is 44.9 Å². The number of hydrogen-bond acceptors (Lipinski definition) is 6. The number of anilines is 1. The number of rotatable bonds is 11. The summed E-state index contributed by atoms with van der Waals surface area (Å²) in [6.07, 6.45) is -1.59. The van der Waals surface area contributed by atoms with Gasteiger partial charge in [-0.25, -0.2) is 4.98 Å². The van der Waals surface area contributed by atoms with Gasteiger partial charge in [0.15, 0.2) is 5.69 Å². The van der Waals surface area contributed by atoms with Crippen LogP contribution in [0.4, 0.5) is 27.8 Å². The van der Waals surface area contributed by atoms with Gasteiger partial charge in [0.2, 0.25) is 0 Å². The van der Waals surface area contributed by atoms with Crippen molar-refractivity contribution in [3.8, 4) is 17.0 Å². The summed E-state index contributed by atoms with van der Waals surface area (Å²) in [6.45, 7) is 2.29. The van der Waals surface area contributed by atoms with Crippen LogP contribution in [0.25, 0.3) is 11.3 Å². The predicted molar refractivity (Wildman–Crippen MR) is 136 cm³/mol. The Morgan fingerprint density at radius 2 is 1.97 bits per heavy atom. The van der Waals surface area contributed by atoms with Crippen LogP contribution in [0.5, 0.6) is 5.75 Å². The normalized spacial score (nSPS) is 20.6. The van der Waals surface area contributed by atoms with Crippen LogP contribution in [0.3, 0.4) is 0 Å². The molecule has 1 aliphatic rings. The predicted octanol–water partition coefficient (Wildman–Crippen LogP) is 6.03. The number of aromatic nitrogens is 3. The summed E-state index contributed by atoms with van der Waals surface area (Å²) in [5.74, 6) is -0.660. The fraction of sp³-hybridized carbons (Fsp3) is 0.640. The Labute approximate surface area is 228 Å². The second-order valence-corrected chi connectivity index (χ2v) is 10.3. The van der Waals surface area contributed by atoms with Gasteiger partial charge in [0.25, 0.3) is 5.91 Å². The van der Waals surface area contributed by atoms with E-state index < -0.39 is 42.5 Å². The number of nitrogens with one attached hydrogen (secondary N) is 2. The number of amides is 1. The van der Waals surface area contributed by atoms with Crippen LogP contribution in [0.15, 0.2) is 12.3 Å². The standard InChI is InChI=1S/C25H33ClF5N5O3/c1-4-15(11-25(29,30)31)34-18-10-17(39-23(27)28)16(12-32-18)21-19(26)20(35-36(21)5-2)22(37)33-13-24(38)8-6-14(3)7-9-24/h10,12,14-15,23,38H,4-9,11,13H2,1-3H3,(H,32,34)(H,33,37)/t14?,15-,24?/m1/s1. The number of hydrogen-bond donors (Lipinski definition) is 3. The number of nitrogens with zero attached hydrogens (tertiary/aromatic N) is 3. The van der Waals surface area contributed by atoms with Crippen molar-refractivity contribution >= 4 is 23.3 Å². The third-order valence-electron chi connectivity index (χ3n) is 6.85. The van der Waals surface area contributed by atoms with Crippen LogP contribution in [-0.4, -0.2) is 56.8 Å². The van der Waals surface area contributed by atoms with Crippen LogP contribution < -0.4 is 15.4 Å². The molecule has 1 saturated carbocycles. The number of alkyl halides is 5. The number of aryl methyl sites for hydroxylation is 1. The fourth-order valence-corrected chi connectivity index (χ4v) is 4.87. The first-order chi connectivity index (χ1) is 18.2. The lowest BCUT2D eigenvalue weighted by molar-refractivity contribution is -0.137. The van der Waals surface area contributed by atoms with Gasteiger partial charge in [-0.2, -0.15) is 27.1 Å².